The van der Waals surface area contributed by atoms with E-state index in [0.717, 1.165) is 6.42 Å². The molecule has 2 aromatic rings. The molecule has 2 heteroatoms. The van der Waals surface area contributed by atoms with Crippen molar-refractivity contribution in [2.24, 2.45) is 0 Å². The Balaban J connectivity index is 2.59. The Bertz CT molecular complexity index is 423. The standard InChI is InChI=1S/C12H13NS/c1-3-10-7-8-13(4-2)12(10)11-6-5-9-14-11/h4-9H,2-3H2,1H3. The first-order valence-electron chi connectivity index (χ1n) is 4.73. The first-order valence-corrected chi connectivity index (χ1v) is 5.61. The highest BCUT2D eigenvalue weighted by Gasteiger charge is 2.08. The van der Waals surface area contributed by atoms with E-state index in [1.165, 1.54) is 16.1 Å². The van der Waals surface area contributed by atoms with Crippen LogP contribution < -0.4 is 0 Å². The Morgan fingerprint density at radius 3 is 2.93 bits per heavy atom. The molecular weight excluding hydrogens is 190 g/mol. The fourth-order valence-corrected chi connectivity index (χ4v) is 2.43. The van der Waals surface area contributed by atoms with E-state index in [4.69, 9.17) is 0 Å². The topological polar surface area (TPSA) is 4.93 Å². The lowest BCUT2D eigenvalue weighted by Crippen LogP contribution is -1.88. The third-order valence-corrected chi connectivity index (χ3v) is 3.21. The second kappa shape index (κ2) is 3.84. The van der Waals surface area contributed by atoms with Crippen molar-refractivity contribution in [3.63, 3.8) is 0 Å². The van der Waals surface area contributed by atoms with E-state index in [2.05, 4.69) is 47.8 Å². The molecule has 0 amide bonds. The lowest BCUT2D eigenvalue weighted by Gasteiger charge is -2.03. The van der Waals surface area contributed by atoms with Crippen molar-refractivity contribution in [1.29, 1.82) is 0 Å². The molecule has 0 saturated carbocycles. The van der Waals surface area contributed by atoms with Gasteiger partial charge < -0.3 is 4.57 Å². The molecule has 0 aliphatic carbocycles. The first-order chi connectivity index (χ1) is 6.86. The van der Waals surface area contributed by atoms with Crippen molar-refractivity contribution in [1.82, 2.24) is 4.57 Å². The Kier molecular flexibility index (Phi) is 2.55. The lowest BCUT2D eigenvalue weighted by atomic mass is 10.2. The molecule has 0 bridgehead atoms. The molecule has 0 aromatic carbocycles. The minimum absolute atomic E-state index is 1.06. The zero-order chi connectivity index (χ0) is 9.97. The van der Waals surface area contributed by atoms with Crippen LogP contribution in [0.5, 0.6) is 0 Å². The SMILES string of the molecule is C=Cn1ccc(CC)c1-c1cccs1. The van der Waals surface area contributed by atoms with E-state index < -0.39 is 0 Å². The van der Waals surface area contributed by atoms with Crippen molar-refractivity contribution in [3.8, 4) is 10.6 Å². The van der Waals surface area contributed by atoms with Crippen molar-refractivity contribution in [2.45, 2.75) is 13.3 Å². The fourth-order valence-electron chi connectivity index (χ4n) is 1.63. The second-order valence-electron chi connectivity index (χ2n) is 3.11. The molecule has 1 nitrogen and oxygen atoms in total. The van der Waals surface area contributed by atoms with Crippen LogP contribution in [-0.2, 0) is 6.42 Å². The maximum atomic E-state index is 3.82. The summed E-state index contributed by atoms with van der Waals surface area (Å²) >= 11 is 1.77. The molecule has 0 aliphatic rings. The maximum Gasteiger partial charge on any atom is 0.0654 e. The molecule has 0 radical (unpaired) electrons. The van der Waals surface area contributed by atoms with Gasteiger partial charge in [0.15, 0.2) is 0 Å². The Morgan fingerprint density at radius 1 is 1.50 bits per heavy atom. The summed E-state index contributed by atoms with van der Waals surface area (Å²) in [6, 6.07) is 6.40. The Hall–Kier alpha value is -1.28. The number of rotatable bonds is 3. The van der Waals surface area contributed by atoms with Crippen LogP contribution in [-0.4, -0.2) is 4.57 Å². The van der Waals surface area contributed by atoms with Crippen LogP contribution in [0.15, 0.2) is 36.4 Å². The number of aromatic nitrogens is 1. The summed E-state index contributed by atoms with van der Waals surface area (Å²) in [5.41, 5.74) is 2.67. The van der Waals surface area contributed by atoms with Crippen LogP contribution >= 0.6 is 11.3 Å². The number of hydrogen-bond donors (Lipinski definition) is 0. The molecule has 0 N–H and O–H groups in total. The van der Waals surface area contributed by atoms with Gasteiger partial charge in [0, 0.05) is 12.4 Å². The van der Waals surface area contributed by atoms with Gasteiger partial charge in [0.05, 0.1) is 10.6 Å². The Morgan fingerprint density at radius 2 is 2.36 bits per heavy atom. The highest BCUT2D eigenvalue weighted by atomic mass is 32.1. The van der Waals surface area contributed by atoms with E-state index in [1.54, 1.807) is 11.3 Å². The quantitative estimate of drug-likeness (QED) is 0.713. The number of thiophene rings is 1. The van der Waals surface area contributed by atoms with E-state index in [9.17, 15) is 0 Å². The molecule has 14 heavy (non-hydrogen) atoms. The molecule has 0 spiro atoms. The van der Waals surface area contributed by atoms with Crippen molar-refractivity contribution >= 4 is 17.5 Å². The van der Waals surface area contributed by atoms with E-state index in [1.807, 2.05) is 6.20 Å². The molecule has 72 valence electrons. The zero-order valence-electron chi connectivity index (χ0n) is 8.23. The van der Waals surface area contributed by atoms with Crippen molar-refractivity contribution < 1.29 is 0 Å². The van der Waals surface area contributed by atoms with E-state index >= 15 is 0 Å². The minimum Gasteiger partial charge on any atom is -0.323 e. The molecule has 0 aliphatic heterocycles. The van der Waals surface area contributed by atoms with Crippen LogP contribution in [0.1, 0.15) is 12.5 Å². The summed E-state index contributed by atoms with van der Waals surface area (Å²) in [6.07, 6.45) is 4.99. The van der Waals surface area contributed by atoms with Gasteiger partial charge in [-0.1, -0.05) is 19.6 Å². The third kappa shape index (κ3) is 1.42. The predicted molar refractivity (Wildman–Crippen MR) is 63.5 cm³/mol. The summed E-state index contributed by atoms with van der Waals surface area (Å²) in [5, 5.41) is 2.11. The predicted octanol–water partition coefficient (Wildman–Crippen LogP) is 3.88. The summed E-state index contributed by atoms with van der Waals surface area (Å²) in [4.78, 5) is 1.31. The molecule has 0 fully saturated rings. The van der Waals surface area contributed by atoms with Crippen LogP contribution in [0.25, 0.3) is 16.8 Å². The van der Waals surface area contributed by atoms with Crippen molar-refractivity contribution in [2.75, 3.05) is 0 Å². The Labute approximate surface area is 88.3 Å². The number of hydrogen-bond acceptors (Lipinski definition) is 1. The van der Waals surface area contributed by atoms with Gasteiger partial charge in [0.1, 0.15) is 0 Å². The average Bonchev–Trinajstić information content (AvgIpc) is 2.85. The summed E-state index contributed by atoms with van der Waals surface area (Å²) in [5.74, 6) is 0. The molecule has 0 atom stereocenters. The normalized spacial score (nSPS) is 10.4. The monoisotopic (exact) mass is 203 g/mol. The van der Waals surface area contributed by atoms with Gasteiger partial charge in [-0.15, -0.1) is 11.3 Å². The molecule has 2 aromatic heterocycles. The van der Waals surface area contributed by atoms with Gasteiger partial charge in [0.25, 0.3) is 0 Å². The van der Waals surface area contributed by atoms with Gasteiger partial charge >= 0.3 is 0 Å². The van der Waals surface area contributed by atoms with E-state index in [0.29, 0.717) is 0 Å². The number of nitrogens with zero attached hydrogens (tertiary/aromatic N) is 1. The fraction of sp³-hybridized carbons (Fsp3) is 0.167. The molecule has 0 unspecified atom stereocenters. The highest BCUT2D eigenvalue weighted by Crippen LogP contribution is 2.29. The second-order valence-corrected chi connectivity index (χ2v) is 4.06. The highest BCUT2D eigenvalue weighted by molar-refractivity contribution is 7.13. The van der Waals surface area contributed by atoms with Crippen LogP contribution in [0.2, 0.25) is 0 Å². The van der Waals surface area contributed by atoms with Gasteiger partial charge in [-0.3, -0.25) is 0 Å². The number of aryl methyl sites for hydroxylation is 1. The molecule has 0 saturated heterocycles. The average molecular weight is 203 g/mol. The lowest BCUT2D eigenvalue weighted by molar-refractivity contribution is 1.12. The molecular formula is C12H13NS. The van der Waals surface area contributed by atoms with Gasteiger partial charge in [-0.25, -0.2) is 0 Å². The van der Waals surface area contributed by atoms with Gasteiger partial charge in [0.2, 0.25) is 0 Å². The summed E-state index contributed by atoms with van der Waals surface area (Å²) in [6.45, 7) is 6.00. The largest absolute Gasteiger partial charge is 0.323 e. The summed E-state index contributed by atoms with van der Waals surface area (Å²) < 4.78 is 2.09. The van der Waals surface area contributed by atoms with Crippen molar-refractivity contribution in [3.05, 3.63) is 41.9 Å². The third-order valence-electron chi connectivity index (χ3n) is 2.33. The zero-order valence-corrected chi connectivity index (χ0v) is 9.05. The van der Waals surface area contributed by atoms with Crippen LogP contribution in [0.3, 0.4) is 0 Å². The van der Waals surface area contributed by atoms with Gasteiger partial charge in [-0.05, 0) is 29.5 Å². The smallest absolute Gasteiger partial charge is 0.0654 e. The maximum absolute atomic E-state index is 3.82. The molecule has 2 heterocycles. The van der Waals surface area contributed by atoms with Gasteiger partial charge in [-0.2, -0.15) is 0 Å². The van der Waals surface area contributed by atoms with Crippen LogP contribution in [0, 0.1) is 0 Å². The molecule has 2 rings (SSSR count). The first kappa shape index (κ1) is 9.28. The van der Waals surface area contributed by atoms with Crippen LogP contribution in [0.4, 0.5) is 0 Å². The summed E-state index contributed by atoms with van der Waals surface area (Å²) in [7, 11) is 0. The van der Waals surface area contributed by atoms with E-state index in [-0.39, 0.29) is 0 Å². The minimum atomic E-state index is 1.06.